The minimum Gasteiger partial charge on any atom is -0.358 e. The largest absolute Gasteiger partial charge is 0.358 e. The predicted octanol–water partition coefficient (Wildman–Crippen LogP) is 2.98. The summed E-state index contributed by atoms with van der Waals surface area (Å²) >= 11 is 5.94. The molecule has 0 spiro atoms. The molecular formula is C12H18ClN3. The zero-order chi connectivity index (χ0) is 11.7. The zero-order valence-electron chi connectivity index (χ0n) is 10.1. The molecule has 0 aliphatic heterocycles. The Labute approximate surface area is 102 Å². The fourth-order valence-corrected chi connectivity index (χ4v) is 2.25. The third-order valence-corrected chi connectivity index (χ3v) is 3.92. The summed E-state index contributed by atoms with van der Waals surface area (Å²) in [6.45, 7) is 5.13. The van der Waals surface area contributed by atoms with Crippen molar-refractivity contribution in [1.29, 1.82) is 0 Å². The first-order valence-corrected chi connectivity index (χ1v) is 6.18. The van der Waals surface area contributed by atoms with E-state index in [1.807, 2.05) is 6.92 Å². The summed E-state index contributed by atoms with van der Waals surface area (Å²) in [5.41, 5.74) is 2.17. The number of hydrogen-bond acceptors (Lipinski definition) is 3. The Bertz CT molecular complexity index is 388. The van der Waals surface area contributed by atoms with E-state index in [0.717, 1.165) is 29.4 Å². The number of nitrogens with zero attached hydrogens (tertiary/aromatic N) is 3. The molecule has 1 aromatic rings. The van der Waals surface area contributed by atoms with E-state index in [1.54, 1.807) is 0 Å². The number of aromatic nitrogens is 2. The first-order valence-electron chi connectivity index (χ1n) is 5.80. The maximum atomic E-state index is 5.94. The van der Waals surface area contributed by atoms with Gasteiger partial charge in [0, 0.05) is 13.6 Å². The number of hydrogen-bond donors (Lipinski definition) is 0. The molecular weight excluding hydrogens is 222 g/mol. The minimum atomic E-state index is 0.512. The van der Waals surface area contributed by atoms with E-state index >= 15 is 0 Å². The van der Waals surface area contributed by atoms with Crippen LogP contribution < -0.4 is 4.90 Å². The third-order valence-electron chi connectivity index (χ3n) is 3.56. The molecule has 0 radical (unpaired) electrons. The lowest BCUT2D eigenvalue weighted by molar-refractivity contribution is 0.320. The first-order chi connectivity index (χ1) is 7.59. The number of halogens is 1. The van der Waals surface area contributed by atoms with E-state index in [-0.39, 0.29) is 0 Å². The SMILES string of the molecule is Cc1c(Cl)nnc(N(C)CC2CCC2)c1C. The topological polar surface area (TPSA) is 29.0 Å². The van der Waals surface area contributed by atoms with Gasteiger partial charge < -0.3 is 4.90 Å². The number of anilines is 1. The summed E-state index contributed by atoms with van der Waals surface area (Å²) in [5.74, 6) is 1.80. The summed E-state index contributed by atoms with van der Waals surface area (Å²) in [4.78, 5) is 2.20. The van der Waals surface area contributed by atoms with Gasteiger partial charge >= 0.3 is 0 Å². The third kappa shape index (κ3) is 2.14. The Kier molecular flexibility index (Phi) is 3.33. The average Bonchev–Trinajstić information content (AvgIpc) is 2.20. The van der Waals surface area contributed by atoms with Gasteiger partial charge in [0.25, 0.3) is 0 Å². The van der Waals surface area contributed by atoms with Crippen LogP contribution in [0.15, 0.2) is 0 Å². The fourth-order valence-electron chi connectivity index (χ4n) is 2.08. The van der Waals surface area contributed by atoms with Gasteiger partial charge in [-0.15, -0.1) is 10.2 Å². The van der Waals surface area contributed by atoms with Gasteiger partial charge in [-0.25, -0.2) is 0 Å². The second-order valence-electron chi connectivity index (χ2n) is 4.74. The van der Waals surface area contributed by atoms with Crippen molar-refractivity contribution in [2.45, 2.75) is 33.1 Å². The highest BCUT2D eigenvalue weighted by Crippen LogP contribution is 2.29. The van der Waals surface area contributed by atoms with Crippen LogP contribution in [0.3, 0.4) is 0 Å². The van der Waals surface area contributed by atoms with Gasteiger partial charge in [-0.3, -0.25) is 0 Å². The summed E-state index contributed by atoms with van der Waals surface area (Å²) in [6.07, 6.45) is 4.08. The molecule has 1 fully saturated rings. The van der Waals surface area contributed by atoms with E-state index in [9.17, 15) is 0 Å². The summed E-state index contributed by atoms with van der Waals surface area (Å²) in [7, 11) is 2.09. The second kappa shape index (κ2) is 4.58. The van der Waals surface area contributed by atoms with Crippen LogP contribution in [0.2, 0.25) is 5.15 Å². The quantitative estimate of drug-likeness (QED) is 0.812. The molecule has 0 aromatic carbocycles. The van der Waals surface area contributed by atoms with Crippen molar-refractivity contribution < 1.29 is 0 Å². The van der Waals surface area contributed by atoms with Crippen molar-refractivity contribution in [3.05, 3.63) is 16.3 Å². The Balaban J connectivity index is 2.15. The predicted molar refractivity (Wildman–Crippen MR) is 67.1 cm³/mol. The maximum Gasteiger partial charge on any atom is 0.155 e. The molecule has 88 valence electrons. The molecule has 2 rings (SSSR count). The molecule has 16 heavy (non-hydrogen) atoms. The lowest BCUT2D eigenvalue weighted by Crippen LogP contribution is -2.30. The van der Waals surface area contributed by atoms with Crippen molar-refractivity contribution in [3.8, 4) is 0 Å². The average molecular weight is 240 g/mol. The van der Waals surface area contributed by atoms with Crippen LogP contribution in [0.4, 0.5) is 5.82 Å². The van der Waals surface area contributed by atoms with Crippen molar-refractivity contribution in [2.24, 2.45) is 5.92 Å². The molecule has 0 unspecified atom stereocenters. The molecule has 4 heteroatoms. The summed E-state index contributed by atoms with van der Waals surface area (Å²) in [5, 5.41) is 8.69. The summed E-state index contributed by atoms with van der Waals surface area (Å²) < 4.78 is 0. The molecule has 1 aromatic heterocycles. The van der Waals surface area contributed by atoms with Crippen LogP contribution >= 0.6 is 11.6 Å². The molecule has 1 heterocycles. The molecule has 0 saturated heterocycles. The summed E-state index contributed by atoms with van der Waals surface area (Å²) in [6, 6.07) is 0. The Morgan fingerprint density at radius 1 is 1.25 bits per heavy atom. The lowest BCUT2D eigenvalue weighted by Gasteiger charge is -2.31. The first kappa shape index (κ1) is 11.6. The molecule has 1 saturated carbocycles. The van der Waals surface area contributed by atoms with Gasteiger partial charge in [0.05, 0.1) is 0 Å². The van der Waals surface area contributed by atoms with Gasteiger partial charge in [0.15, 0.2) is 11.0 Å². The van der Waals surface area contributed by atoms with Crippen molar-refractivity contribution in [1.82, 2.24) is 10.2 Å². The second-order valence-corrected chi connectivity index (χ2v) is 5.10. The Morgan fingerprint density at radius 2 is 1.94 bits per heavy atom. The van der Waals surface area contributed by atoms with Crippen LogP contribution in [0, 0.1) is 19.8 Å². The molecule has 0 N–H and O–H groups in total. The monoisotopic (exact) mass is 239 g/mol. The molecule has 0 amide bonds. The van der Waals surface area contributed by atoms with Gasteiger partial charge in [0.1, 0.15) is 0 Å². The van der Waals surface area contributed by atoms with Crippen LogP contribution in [-0.4, -0.2) is 23.8 Å². The van der Waals surface area contributed by atoms with Crippen molar-refractivity contribution >= 4 is 17.4 Å². The highest BCUT2D eigenvalue weighted by molar-refractivity contribution is 6.30. The molecule has 3 nitrogen and oxygen atoms in total. The van der Waals surface area contributed by atoms with Crippen LogP contribution in [-0.2, 0) is 0 Å². The van der Waals surface area contributed by atoms with Crippen LogP contribution in [0.25, 0.3) is 0 Å². The van der Waals surface area contributed by atoms with E-state index < -0.39 is 0 Å². The maximum absolute atomic E-state index is 5.94. The number of rotatable bonds is 3. The minimum absolute atomic E-state index is 0.512. The van der Waals surface area contributed by atoms with Gasteiger partial charge in [-0.2, -0.15) is 0 Å². The van der Waals surface area contributed by atoms with Crippen molar-refractivity contribution in [2.75, 3.05) is 18.5 Å². The van der Waals surface area contributed by atoms with Crippen LogP contribution in [0.1, 0.15) is 30.4 Å². The van der Waals surface area contributed by atoms with E-state index in [2.05, 4.69) is 29.1 Å². The van der Waals surface area contributed by atoms with E-state index in [1.165, 1.54) is 19.3 Å². The molecule has 1 aliphatic rings. The normalized spacial score (nSPS) is 16.0. The highest BCUT2D eigenvalue weighted by atomic mass is 35.5. The van der Waals surface area contributed by atoms with Gasteiger partial charge in [-0.05, 0) is 43.7 Å². The van der Waals surface area contributed by atoms with E-state index in [0.29, 0.717) is 5.15 Å². The Morgan fingerprint density at radius 3 is 2.50 bits per heavy atom. The lowest BCUT2D eigenvalue weighted by atomic mass is 9.85. The molecule has 0 bridgehead atoms. The molecule has 0 atom stereocenters. The highest BCUT2D eigenvalue weighted by Gasteiger charge is 2.21. The van der Waals surface area contributed by atoms with E-state index in [4.69, 9.17) is 11.6 Å². The zero-order valence-corrected chi connectivity index (χ0v) is 10.9. The smallest absolute Gasteiger partial charge is 0.155 e. The van der Waals surface area contributed by atoms with Crippen LogP contribution in [0.5, 0.6) is 0 Å². The fraction of sp³-hybridized carbons (Fsp3) is 0.667. The standard InChI is InChI=1S/C12H18ClN3/c1-8-9(2)12(15-14-11(8)13)16(3)7-10-5-4-6-10/h10H,4-7H2,1-3H3. The Hall–Kier alpha value is -0.830. The van der Waals surface area contributed by atoms with Gasteiger partial charge in [0.2, 0.25) is 0 Å². The molecule has 1 aliphatic carbocycles. The van der Waals surface area contributed by atoms with Crippen molar-refractivity contribution in [3.63, 3.8) is 0 Å². The van der Waals surface area contributed by atoms with Gasteiger partial charge in [-0.1, -0.05) is 18.0 Å².